The van der Waals surface area contributed by atoms with Crippen molar-refractivity contribution in [3.05, 3.63) is 77.1 Å². The summed E-state index contributed by atoms with van der Waals surface area (Å²) >= 11 is 6.10. The molecule has 0 bridgehead atoms. The number of amides is 2. The second kappa shape index (κ2) is 10.0. The summed E-state index contributed by atoms with van der Waals surface area (Å²) in [6.45, 7) is 0.273. The van der Waals surface area contributed by atoms with Crippen LogP contribution in [-0.4, -0.2) is 52.6 Å². The van der Waals surface area contributed by atoms with Crippen molar-refractivity contribution in [2.45, 2.75) is 49.7 Å². The average molecular weight is 532 g/mol. The Bertz CT molecular complexity index is 1360. The highest BCUT2D eigenvalue weighted by Crippen LogP contribution is 2.48. The number of carbonyl (C=O) groups is 2. The van der Waals surface area contributed by atoms with Gasteiger partial charge in [-0.05, 0) is 66.5 Å². The average Bonchev–Trinajstić information content (AvgIpc) is 3.85. The Morgan fingerprint density at radius 2 is 1.84 bits per heavy atom. The quantitative estimate of drug-likeness (QED) is 0.470. The van der Waals surface area contributed by atoms with Crippen LogP contribution >= 0.6 is 11.6 Å². The number of benzene rings is 2. The number of hydrogen-bond acceptors (Lipinski definition) is 6. The Labute approximate surface area is 226 Å². The summed E-state index contributed by atoms with van der Waals surface area (Å²) in [4.78, 5) is 38.4. The van der Waals surface area contributed by atoms with Gasteiger partial charge in [0.25, 0.3) is 0 Å². The second-order valence-corrected chi connectivity index (χ2v) is 11.0. The number of aromatic nitrogens is 2. The van der Waals surface area contributed by atoms with E-state index < -0.39 is 12.1 Å². The van der Waals surface area contributed by atoms with Gasteiger partial charge in [-0.15, -0.1) is 0 Å². The number of carbonyl (C=O) groups excluding carboxylic acids is 2. The lowest BCUT2D eigenvalue weighted by atomic mass is 10.1. The summed E-state index contributed by atoms with van der Waals surface area (Å²) in [7, 11) is 1.76. The van der Waals surface area contributed by atoms with Crippen molar-refractivity contribution in [2.24, 2.45) is 5.92 Å². The molecular formula is C29H30ClN5O3. The van der Waals surface area contributed by atoms with Crippen molar-refractivity contribution in [2.75, 3.05) is 28.7 Å². The van der Waals surface area contributed by atoms with Gasteiger partial charge in [-0.25, -0.2) is 9.97 Å². The van der Waals surface area contributed by atoms with E-state index >= 15 is 0 Å². The van der Waals surface area contributed by atoms with E-state index in [0.29, 0.717) is 29.0 Å². The monoisotopic (exact) mass is 531 g/mol. The number of halogens is 1. The van der Waals surface area contributed by atoms with E-state index in [9.17, 15) is 14.7 Å². The number of hydrogen-bond donors (Lipinski definition) is 2. The zero-order valence-corrected chi connectivity index (χ0v) is 21.9. The maximum atomic E-state index is 13.5. The first kappa shape index (κ1) is 24.8. The molecule has 3 aliphatic rings. The zero-order valence-electron chi connectivity index (χ0n) is 21.1. The third kappa shape index (κ3) is 5.11. The summed E-state index contributed by atoms with van der Waals surface area (Å²) < 4.78 is 0. The molecule has 2 aliphatic carbocycles. The third-order valence-electron chi connectivity index (χ3n) is 7.83. The number of rotatable bonds is 7. The molecule has 0 radical (unpaired) electrons. The molecule has 0 unspecified atom stereocenters. The van der Waals surface area contributed by atoms with Crippen molar-refractivity contribution in [3.63, 3.8) is 0 Å². The molecule has 2 heterocycles. The first-order valence-corrected chi connectivity index (χ1v) is 13.5. The van der Waals surface area contributed by atoms with Crippen LogP contribution in [0, 0.1) is 5.92 Å². The van der Waals surface area contributed by atoms with Crippen LogP contribution in [0.2, 0.25) is 5.02 Å². The van der Waals surface area contributed by atoms with Crippen molar-refractivity contribution >= 4 is 40.7 Å². The van der Waals surface area contributed by atoms with Gasteiger partial charge in [-0.2, -0.15) is 0 Å². The van der Waals surface area contributed by atoms with Gasteiger partial charge in [-0.3, -0.25) is 9.59 Å². The first-order chi connectivity index (χ1) is 18.4. The SMILES string of the molecule is CN(C(=O)[C@H]1C[C@H](O)CN1c1cc(NC(=O)[C@H]2C[C@@H]2c2cccc(Cl)c2)ncn1)c1ccc(C2CC2)cc1. The van der Waals surface area contributed by atoms with Gasteiger partial charge >= 0.3 is 0 Å². The van der Waals surface area contributed by atoms with E-state index in [2.05, 4.69) is 27.4 Å². The molecule has 3 fully saturated rings. The van der Waals surface area contributed by atoms with Gasteiger partial charge in [0.15, 0.2) is 0 Å². The van der Waals surface area contributed by atoms with Crippen LogP contribution < -0.4 is 15.1 Å². The largest absolute Gasteiger partial charge is 0.391 e. The minimum Gasteiger partial charge on any atom is -0.391 e. The van der Waals surface area contributed by atoms with Gasteiger partial charge in [-0.1, -0.05) is 35.9 Å². The standard InChI is InChI=1S/C29H30ClN5O3/c1-34(21-9-7-18(8-10-21)17-5-6-17)29(38)25-12-22(36)15-35(25)27-14-26(31-16-32-27)33-28(37)24-13-23(24)19-3-2-4-20(30)11-19/h2-4,7-11,14,16-17,22-25,36H,5-6,12-13,15H2,1H3,(H,31,32,33,37)/t22-,23+,24-,25+/m0/s1. The topological polar surface area (TPSA) is 98.7 Å². The van der Waals surface area contributed by atoms with E-state index in [1.807, 2.05) is 36.4 Å². The second-order valence-electron chi connectivity index (χ2n) is 10.6. The maximum Gasteiger partial charge on any atom is 0.249 e. The van der Waals surface area contributed by atoms with Crippen molar-refractivity contribution in [3.8, 4) is 0 Å². The fourth-order valence-corrected chi connectivity index (χ4v) is 5.62. The van der Waals surface area contributed by atoms with Crippen LogP contribution in [0.5, 0.6) is 0 Å². The molecule has 1 aliphatic heterocycles. The Morgan fingerprint density at radius 1 is 1.05 bits per heavy atom. The van der Waals surface area contributed by atoms with E-state index in [1.54, 1.807) is 22.9 Å². The molecule has 8 nitrogen and oxygen atoms in total. The number of likely N-dealkylation sites (N-methyl/N-ethyl adjacent to an activating group) is 1. The number of nitrogens with zero attached hydrogens (tertiary/aromatic N) is 4. The first-order valence-electron chi connectivity index (χ1n) is 13.1. The molecule has 38 heavy (non-hydrogen) atoms. The summed E-state index contributed by atoms with van der Waals surface area (Å²) in [5.41, 5.74) is 3.18. The highest BCUT2D eigenvalue weighted by Gasteiger charge is 2.44. The number of aliphatic hydroxyl groups excluding tert-OH is 1. The zero-order chi connectivity index (χ0) is 26.4. The number of anilines is 3. The predicted octanol–water partition coefficient (Wildman–Crippen LogP) is 4.35. The van der Waals surface area contributed by atoms with Crippen LogP contribution in [0.4, 0.5) is 17.3 Å². The highest BCUT2D eigenvalue weighted by molar-refractivity contribution is 6.30. The molecule has 3 aromatic rings. The van der Waals surface area contributed by atoms with Gasteiger partial charge in [0.2, 0.25) is 11.8 Å². The summed E-state index contributed by atoms with van der Waals surface area (Å²) in [5.74, 6) is 1.28. The van der Waals surface area contributed by atoms with Gasteiger partial charge < -0.3 is 20.2 Å². The van der Waals surface area contributed by atoms with Crippen LogP contribution in [0.25, 0.3) is 0 Å². The van der Waals surface area contributed by atoms with E-state index in [4.69, 9.17) is 11.6 Å². The summed E-state index contributed by atoms with van der Waals surface area (Å²) in [5, 5.41) is 14.0. The Morgan fingerprint density at radius 3 is 2.58 bits per heavy atom. The summed E-state index contributed by atoms with van der Waals surface area (Å²) in [6, 6.07) is 16.8. The van der Waals surface area contributed by atoms with Crippen LogP contribution in [0.3, 0.4) is 0 Å². The van der Waals surface area contributed by atoms with E-state index in [-0.39, 0.29) is 30.2 Å². The Balaban J connectivity index is 1.14. The summed E-state index contributed by atoms with van der Waals surface area (Å²) in [6.07, 6.45) is 4.23. The minimum absolute atomic E-state index is 0.108. The molecule has 9 heteroatoms. The van der Waals surface area contributed by atoms with Crippen molar-refractivity contribution in [1.29, 1.82) is 0 Å². The molecule has 4 atom stereocenters. The molecule has 2 amide bonds. The van der Waals surface area contributed by atoms with Gasteiger partial charge in [0, 0.05) is 42.7 Å². The maximum absolute atomic E-state index is 13.5. The van der Waals surface area contributed by atoms with Crippen molar-refractivity contribution in [1.82, 2.24) is 9.97 Å². The number of β-amino-alcohol motifs (C(OH)–C–C–N with tert-alkyl or cyclic N) is 1. The highest BCUT2D eigenvalue weighted by atomic mass is 35.5. The molecule has 2 saturated carbocycles. The molecule has 2 aromatic carbocycles. The van der Waals surface area contributed by atoms with Gasteiger partial charge in [0.05, 0.1) is 6.10 Å². The molecule has 196 valence electrons. The molecule has 6 rings (SSSR count). The number of nitrogens with one attached hydrogen (secondary N) is 1. The minimum atomic E-state index is -0.660. The lowest BCUT2D eigenvalue weighted by Crippen LogP contribution is -2.44. The van der Waals surface area contributed by atoms with Crippen LogP contribution in [0.1, 0.15) is 48.6 Å². The molecule has 1 aromatic heterocycles. The van der Waals surface area contributed by atoms with Crippen LogP contribution in [-0.2, 0) is 9.59 Å². The van der Waals surface area contributed by atoms with Crippen LogP contribution in [0.15, 0.2) is 60.9 Å². The normalized spacial score (nSPS) is 24.2. The third-order valence-corrected chi connectivity index (χ3v) is 8.06. The Kier molecular flexibility index (Phi) is 6.53. The predicted molar refractivity (Wildman–Crippen MR) is 147 cm³/mol. The molecule has 2 N–H and O–H groups in total. The fraction of sp³-hybridized carbons (Fsp3) is 0.379. The van der Waals surface area contributed by atoms with Gasteiger partial charge in [0.1, 0.15) is 24.0 Å². The lowest BCUT2D eigenvalue weighted by Gasteiger charge is -2.28. The Hall–Kier alpha value is -3.49. The van der Waals surface area contributed by atoms with E-state index in [0.717, 1.165) is 17.7 Å². The van der Waals surface area contributed by atoms with Crippen molar-refractivity contribution < 1.29 is 14.7 Å². The number of aliphatic hydroxyl groups is 1. The molecular weight excluding hydrogens is 502 g/mol. The smallest absolute Gasteiger partial charge is 0.249 e. The lowest BCUT2D eigenvalue weighted by molar-refractivity contribution is -0.119. The molecule has 1 saturated heterocycles. The fourth-order valence-electron chi connectivity index (χ4n) is 5.42. The molecule has 0 spiro atoms. The van der Waals surface area contributed by atoms with E-state index in [1.165, 1.54) is 24.7 Å².